The molecule has 0 spiro atoms. The first-order valence-electron chi connectivity index (χ1n) is 10.7. The van der Waals surface area contributed by atoms with E-state index in [9.17, 15) is 14.7 Å². The van der Waals surface area contributed by atoms with Crippen molar-refractivity contribution in [1.82, 2.24) is 14.2 Å². The van der Waals surface area contributed by atoms with E-state index in [1.165, 1.54) is 10.8 Å². The predicted octanol–water partition coefficient (Wildman–Crippen LogP) is 2.51. The Kier molecular flexibility index (Phi) is 10.2. The second kappa shape index (κ2) is 12.4. The van der Waals surface area contributed by atoms with Crippen LogP contribution in [-0.4, -0.2) is 56.8 Å². The van der Waals surface area contributed by atoms with E-state index < -0.39 is 38.2 Å². The first-order chi connectivity index (χ1) is 15.2. The number of hydrogen-bond acceptors (Lipinski definition) is 8. The lowest BCUT2D eigenvalue weighted by atomic mass is 10.2. The minimum absolute atomic E-state index is 0.124. The number of ether oxygens (including phenoxy) is 1. The van der Waals surface area contributed by atoms with Crippen molar-refractivity contribution in [3.05, 3.63) is 38.7 Å². The summed E-state index contributed by atoms with van der Waals surface area (Å²) in [5, 5.41) is 18.8. The van der Waals surface area contributed by atoms with E-state index in [4.69, 9.17) is 19.0 Å². The van der Waals surface area contributed by atoms with Crippen molar-refractivity contribution in [3.8, 4) is 6.07 Å². The van der Waals surface area contributed by atoms with Gasteiger partial charge in [0.15, 0.2) is 0 Å². The normalized spacial score (nSPS) is 22.3. The number of H-pyrrole nitrogens is 1. The molecule has 2 N–H and O–H groups in total. The zero-order chi connectivity index (χ0) is 23.8. The van der Waals surface area contributed by atoms with Gasteiger partial charge in [-0.15, -0.1) is 0 Å². The summed E-state index contributed by atoms with van der Waals surface area (Å²) in [4.78, 5) is 26.7. The zero-order valence-electron chi connectivity index (χ0n) is 19.2. The molecule has 1 aliphatic heterocycles. The van der Waals surface area contributed by atoms with Crippen molar-refractivity contribution in [1.29, 1.82) is 5.26 Å². The van der Waals surface area contributed by atoms with Crippen LogP contribution in [0.5, 0.6) is 0 Å². The maximum Gasteiger partial charge on any atom is 0.330 e. The molecule has 1 saturated heterocycles. The molecule has 0 aromatic carbocycles. The summed E-state index contributed by atoms with van der Waals surface area (Å²) >= 11 is 0. The Hall–Kier alpha value is -1.86. The van der Waals surface area contributed by atoms with Crippen LogP contribution >= 0.6 is 8.53 Å². The lowest BCUT2D eigenvalue weighted by Gasteiger charge is -2.37. The molecule has 0 saturated carbocycles. The first kappa shape index (κ1) is 26.4. The summed E-state index contributed by atoms with van der Waals surface area (Å²) in [5.74, 6) is 0. The topological polar surface area (TPSA) is 130 Å². The Morgan fingerprint density at radius 2 is 2.09 bits per heavy atom. The van der Waals surface area contributed by atoms with Crippen LogP contribution in [0, 0.1) is 11.3 Å². The molecule has 32 heavy (non-hydrogen) atoms. The number of aliphatic hydroxyl groups is 1. The highest BCUT2D eigenvalue weighted by molar-refractivity contribution is 7.44. The van der Waals surface area contributed by atoms with Gasteiger partial charge in [-0.2, -0.15) is 5.26 Å². The predicted molar refractivity (Wildman–Crippen MR) is 122 cm³/mol. The lowest BCUT2D eigenvalue weighted by Crippen LogP contribution is -2.36. The van der Waals surface area contributed by atoms with E-state index in [0.29, 0.717) is 5.56 Å². The molecule has 2 heterocycles. The highest BCUT2D eigenvalue weighted by Gasteiger charge is 2.41. The number of nitrogens with zero attached hydrogens (tertiary/aromatic N) is 3. The van der Waals surface area contributed by atoms with Crippen LogP contribution in [0.4, 0.5) is 0 Å². The fourth-order valence-corrected chi connectivity index (χ4v) is 5.33. The van der Waals surface area contributed by atoms with Crippen molar-refractivity contribution in [3.63, 3.8) is 0 Å². The Balaban J connectivity index is 2.28. The Bertz CT molecular complexity index is 914. The van der Waals surface area contributed by atoms with Crippen molar-refractivity contribution in [2.45, 2.75) is 78.0 Å². The Labute approximate surface area is 189 Å². The minimum Gasteiger partial charge on any atom is -0.394 e. The average Bonchev–Trinajstić information content (AvgIpc) is 3.12. The van der Waals surface area contributed by atoms with Crippen LogP contribution in [0.15, 0.2) is 21.9 Å². The third-order valence-corrected chi connectivity index (χ3v) is 7.06. The molecule has 0 radical (unpaired) electrons. The molecule has 1 aromatic rings. The van der Waals surface area contributed by atoms with Gasteiger partial charge in [0.05, 0.1) is 37.4 Å². The number of allylic oxidation sites excluding steroid dienone is 1. The van der Waals surface area contributed by atoms with Gasteiger partial charge in [0.1, 0.15) is 12.3 Å². The largest absolute Gasteiger partial charge is 0.394 e. The highest BCUT2D eigenvalue weighted by Crippen LogP contribution is 2.49. The molecule has 10 nitrogen and oxygen atoms in total. The van der Waals surface area contributed by atoms with Gasteiger partial charge in [-0.3, -0.25) is 14.3 Å². The van der Waals surface area contributed by atoms with Gasteiger partial charge in [0.25, 0.3) is 14.1 Å². The summed E-state index contributed by atoms with van der Waals surface area (Å²) in [7, 11) is -1.54. The van der Waals surface area contributed by atoms with Crippen molar-refractivity contribution in [2.75, 3.05) is 13.2 Å². The fourth-order valence-electron chi connectivity index (χ4n) is 3.57. The monoisotopic (exact) mass is 468 g/mol. The van der Waals surface area contributed by atoms with Crippen molar-refractivity contribution in [2.24, 2.45) is 0 Å². The maximum atomic E-state index is 12.4. The first-order valence-corrected chi connectivity index (χ1v) is 11.9. The average molecular weight is 468 g/mol. The SMILES string of the molecule is C/C=C/c1cn([C@H]2C[C@H](OP(OCCC#N)N(C(C)C)C(C)C)[C@@H](CO)O2)c(=O)[nH]c1=O. The second-order valence-corrected chi connectivity index (χ2v) is 9.40. The molecule has 1 unspecified atom stereocenters. The van der Waals surface area contributed by atoms with Gasteiger partial charge in [-0.1, -0.05) is 12.2 Å². The molecule has 1 aromatic heterocycles. The van der Waals surface area contributed by atoms with E-state index in [0.717, 1.165) is 0 Å². The van der Waals surface area contributed by atoms with Gasteiger partial charge in [0.2, 0.25) is 0 Å². The summed E-state index contributed by atoms with van der Waals surface area (Å²) in [6.45, 7) is 9.84. The Morgan fingerprint density at radius 1 is 1.41 bits per heavy atom. The van der Waals surface area contributed by atoms with Crippen LogP contribution in [-0.2, 0) is 13.8 Å². The number of aromatic nitrogens is 2. The molecule has 0 bridgehead atoms. The molecular formula is C21H33N4O6P. The van der Waals surface area contributed by atoms with Gasteiger partial charge in [-0.25, -0.2) is 9.46 Å². The summed E-state index contributed by atoms with van der Waals surface area (Å²) in [6.07, 6.45) is 3.35. The summed E-state index contributed by atoms with van der Waals surface area (Å²) in [6, 6.07) is 2.31. The third-order valence-electron chi connectivity index (χ3n) is 4.90. The molecule has 2 rings (SSSR count). The van der Waals surface area contributed by atoms with E-state index in [1.54, 1.807) is 19.1 Å². The standard InChI is InChI=1S/C21H33N4O6P/c1-6-8-16-12-24(21(28)23-20(16)27)19-11-17(18(13-26)30-19)31-32(29-10-7-9-22)25(14(2)3)15(4)5/h6,8,12,14-15,17-19,26H,7,10-11,13H2,1-5H3,(H,23,27,28)/b8-6+/t17-,18+,19+,32?/m0/s1. The van der Waals surface area contributed by atoms with Crippen LogP contribution < -0.4 is 11.2 Å². The molecule has 1 fully saturated rings. The van der Waals surface area contributed by atoms with Crippen LogP contribution in [0.3, 0.4) is 0 Å². The quantitative estimate of drug-likeness (QED) is 0.374. The minimum atomic E-state index is -1.54. The lowest BCUT2D eigenvalue weighted by molar-refractivity contribution is -0.0439. The smallest absolute Gasteiger partial charge is 0.330 e. The second-order valence-electron chi connectivity index (χ2n) is 7.99. The third kappa shape index (κ3) is 6.58. The van der Waals surface area contributed by atoms with E-state index in [1.807, 2.05) is 27.7 Å². The number of aromatic amines is 1. The van der Waals surface area contributed by atoms with Crippen molar-refractivity contribution < 1.29 is 18.9 Å². The van der Waals surface area contributed by atoms with Crippen LogP contribution in [0.2, 0.25) is 0 Å². The molecule has 11 heteroatoms. The zero-order valence-corrected chi connectivity index (χ0v) is 20.1. The van der Waals surface area contributed by atoms with E-state index in [-0.39, 0.29) is 38.1 Å². The van der Waals surface area contributed by atoms with Gasteiger partial charge < -0.3 is 18.9 Å². The number of rotatable bonds is 11. The van der Waals surface area contributed by atoms with Crippen LogP contribution in [0.1, 0.15) is 59.3 Å². The summed E-state index contributed by atoms with van der Waals surface area (Å²) in [5.41, 5.74) is -0.745. The van der Waals surface area contributed by atoms with Gasteiger partial charge >= 0.3 is 5.69 Å². The van der Waals surface area contributed by atoms with Gasteiger partial charge in [0, 0.05) is 24.7 Å². The molecule has 178 valence electrons. The fraction of sp³-hybridized carbons (Fsp3) is 0.667. The van der Waals surface area contributed by atoms with E-state index >= 15 is 0 Å². The maximum absolute atomic E-state index is 12.4. The molecule has 1 aliphatic rings. The molecular weight excluding hydrogens is 435 g/mol. The van der Waals surface area contributed by atoms with E-state index in [2.05, 4.69) is 15.7 Å². The van der Waals surface area contributed by atoms with Crippen LogP contribution in [0.25, 0.3) is 6.08 Å². The Morgan fingerprint density at radius 3 is 2.66 bits per heavy atom. The number of nitrogens with one attached hydrogen (secondary N) is 1. The summed E-state index contributed by atoms with van der Waals surface area (Å²) < 4.78 is 21.6. The molecule has 0 aliphatic carbocycles. The van der Waals surface area contributed by atoms with Gasteiger partial charge in [-0.05, 0) is 34.6 Å². The number of nitriles is 1. The molecule has 0 amide bonds. The highest BCUT2D eigenvalue weighted by atomic mass is 31.2. The number of aliphatic hydroxyl groups excluding tert-OH is 1. The number of hydrogen-bond donors (Lipinski definition) is 2. The van der Waals surface area contributed by atoms with Crippen molar-refractivity contribution >= 4 is 14.6 Å². The molecule has 4 atom stereocenters.